The molecule has 1 aromatic heterocycles. The van der Waals surface area contributed by atoms with E-state index in [4.69, 9.17) is 0 Å². The molecule has 1 aliphatic rings. The standard InChI is InChI=1S/C14H14N2/c1-2-4-11(5-3-1)12-6-7-13(12)14-8-9-15-10-16-14/h1-5,8-10,12-13H,6-7H2/t12-,13-/m0/s1. The van der Waals surface area contributed by atoms with Crippen LogP contribution >= 0.6 is 0 Å². The number of hydrogen-bond donors (Lipinski definition) is 0. The van der Waals surface area contributed by atoms with E-state index in [0.29, 0.717) is 11.8 Å². The molecule has 0 saturated heterocycles. The van der Waals surface area contributed by atoms with Crippen molar-refractivity contribution in [1.29, 1.82) is 0 Å². The highest BCUT2D eigenvalue weighted by molar-refractivity contribution is 5.28. The van der Waals surface area contributed by atoms with Gasteiger partial charge in [-0.3, -0.25) is 0 Å². The third-order valence-electron chi connectivity index (χ3n) is 3.49. The van der Waals surface area contributed by atoms with Gasteiger partial charge in [-0.25, -0.2) is 9.97 Å². The third-order valence-corrected chi connectivity index (χ3v) is 3.49. The number of rotatable bonds is 2. The summed E-state index contributed by atoms with van der Waals surface area (Å²) in [4.78, 5) is 8.34. The van der Waals surface area contributed by atoms with Gasteiger partial charge in [-0.1, -0.05) is 30.3 Å². The lowest BCUT2D eigenvalue weighted by molar-refractivity contribution is 0.339. The fourth-order valence-corrected chi connectivity index (χ4v) is 2.47. The summed E-state index contributed by atoms with van der Waals surface area (Å²) >= 11 is 0. The van der Waals surface area contributed by atoms with Gasteiger partial charge in [0.05, 0.1) is 0 Å². The first-order valence-corrected chi connectivity index (χ1v) is 5.76. The van der Waals surface area contributed by atoms with Gasteiger partial charge in [-0.2, -0.15) is 0 Å². The van der Waals surface area contributed by atoms with Crippen LogP contribution in [0.4, 0.5) is 0 Å². The fraction of sp³-hybridized carbons (Fsp3) is 0.286. The van der Waals surface area contributed by atoms with E-state index < -0.39 is 0 Å². The molecule has 1 saturated carbocycles. The van der Waals surface area contributed by atoms with Crippen molar-refractivity contribution in [2.45, 2.75) is 24.7 Å². The monoisotopic (exact) mass is 210 g/mol. The predicted octanol–water partition coefficient (Wildman–Crippen LogP) is 3.14. The van der Waals surface area contributed by atoms with Gasteiger partial charge in [0.1, 0.15) is 6.33 Å². The molecule has 3 rings (SSSR count). The van der Waals surface area contributed by atoms with Crippen molar-refractivity contribution in [2.75, 3.05) is 0 Å². The number of benzene rings is 1. The first-order chi connectivity index (χ1) is 7.95. The van der Waals surface area contributed by atoms with E-state index in [2.05, 4.69) is 40.3 Å². The largest absolute Gasteiger partial charge is 0.245 e. The van der Waals surface area contributed by atoms with Crippen molar-refractivity contribution in [3.63, 3.8) is 0 Å². The molecular formula is C14H14N2. The Morgan fingerprint density at radius 3 is 2.38 bits per heavy atom. The summed E-state index contributed by atoms with van der Waals surface area (Å²) in [5.41, 5.74) is 2.63. The van der Waals surface area contributed by atoms with Crippen LogP contribution in [0.15, 0.2) is 48.9 Å². The molecule has 1 fully saturated rings. The molecule has 0 aliphatic heterocycles. The average molecular weight is 210 g/mol. The zero-order chi connectivity index (χ0) is 10.8. The minimum absolute atomic E-state index is 0.588. The van der Waals surface area contributed by atoms with Crippen molar-refractivity contribution in [1.82, 2.24) is 9.97 Å². The molecule has 0 amide bonds. The van der Waals surface area contributed by atoms with E-state index in [0.717, 1.165) is 0 Å². The Bertz CT molecular complexity index is 407. The highest BCUT2D eigenvalue weighted by atomic mass is 14.8. The summed E-state index contributed by atoms with van der Waals surface area (Å²) < 4.78 is 0. The van der Waals surface area contributed by atoms with Crippen LogP contribution in [0.5, 0.6) is 0 Å². The number of hydrogen-bond acceptors (Lipinski definition) is 2. The number of aromatic nitrogens is 2. The zero-order valence-corrected chi connectivity index (χ0v) is 9.08. The summed E-state index contributed by atoms with van der Waals surface area (Å²) in [5, 5.41) is 0. The lowest BCUT2D eigenvalue weighted by atomic mass is 9.68. The van der Waals surface area contributed by atoms with E-state index in [9.17, 15) is 0 Å². The Hall–Kier alpha value is -1.70. The average Bonchev–Trinajstić information content (AvgIpc) is 2.30. The Morgan fingerprint density at radius 1 is 0.938 bits per heavy atom. The molecule has 2 heteroatoms. The quantitative estimate of drug-likeness (QED) is 0.761. The topological polar surface area (TPSA) is 25.8 Å². The molecule has 2 atom stereocenters. The first kappa shape index (κ1) is 9.52. The SMILES string of the molecule is c1ccc([C@@H]2CC[C@@H]2c2ccncn2)cc1. The molecule has 1 heterocycles. The molecule has 2 aromatic rings. The van der Waals surface area contributed by atoms with Crippen molar-refractivity contribution in [2.24, 2.45) is 0 Å². The maximum absolute atomic E-state index is 4.37. The summed E-state index contributed by atoms with van der Waals surface area (Å²) in [6, 6.07) is 12.8. The molecule has 0 unspecified atom stereocenters. The van der Waals surface area contributed by atoms with Gasteiger partial charge < -0.3 is 0 Å². The van der Waals surface area contributed by atoms with Gasteiger partial charge in [0.2, 0.25) is 0 Å². The molecular weight excluding hydrogens is 196 g/mol. The van der Waals surface area contributed by atoms with E-state index in [-0.39, 0.29) is 0 Å². The van der Waals surface area contributed by atoms with Gasteiger partial charge >= 0.3 is 0 Å². The molecule has 16 heavy (non-hydrogen) atoms. The molecule has 0 spiro atoms. The molecule has 0 N–H and O–H groups in total. The van der Waals surface area contributed by atoms with Crippen molar-refractivity contribution in [3.05, 3.63) is 60.2 Å². The van der Waals surface area contributed by atoms with Crippen LogP contribution in [0, 0.1) is 0 Å². The van der Waals surface area contributed by atoms with E-state index in [1.165, 1.54) is 24.1 Å². The van der Waals surface area contributed by atoms with E-state index >= 15 is 0 Å². The van der Waals surface area contributed by atoms with Crippen LogP contribution in [0.25, 0.3) is 0 Å². The van der Waals surface area contributed by atoms with Crippen molar-refractivity contribution in [3.8, 4) is 0 Å². The Kier molecular flexibility index (Phi) is 2.41. The summed E-state index contributed by atoms with van der Waals surface area (Å²) in [5.74, 6) is 1.24. The van der Waals surface area contributed by atoms with Crippen LogP contribution in [-0.4, -0.2) is 9.97 Å². The summed E-state index contributed by atoms with van der Waals surface area (Å²) in [7, 11) is 0. The second-order valence-corrected chi connectivity index (χ2v) is 4.34. The zero-order valence-electron chi connectivity index (χ0n) is 9.08. The molecule has 80 valence electrons. The molecule has 1 aromatic carbocycles. The molecule has 2 nitrogen and oxygen atoms in total. The van der Waals surface area contributed by atoms with Crippen LogP contribution in [0.2, 0.25) is 0 Å². The Balaban J connectivity index is 1.85. The molecule has 0 bridgehead atoms. The number of nitrogens with zero attached hydrogens (tertiary/aromatic N) is 2. The van der Waals surface area contributed by atoms with Crippen LogP contribution in [0.3, 0.4) is 0 Å². The highest BCUT2D eigenvalue weighted by Gasteiger charge is 2.33. The summed E-state index contributed by atoms with van der Waals surface area (Å²) in [6.07, 6.45) is 6.01. The van der Waals surface area contributed by atoms with Gasteiger partial charge in [-0.15, -0.1) is 0 Å². The van der Waals surface area contributed by atoms with Crippen LogP contribution in [0.1, 0.15) is 35.9 Å². The lowest BCUT2D eigenvalue weighted by Gasteiger charge is -2.36. The molecule has 0 radical (unpaired) electrons. The van der Waals surface area contributed by atoms with E-state index in [1.54, 1.807) is 6.33 Å². The highest BCUT2D eigenvalue weighted by Crippen LogP contribution is 2.48. The Labute approximate surface area is 95.4 Å². The normalized spacial score (nSPS) is 23.8. The maximum atomic E-state index is 4.37. The van der Waals surface area contributed by atoms with Gasteiger partial charge in [0.15, 0.2) is 0 Å². The molecule has 1 aliphatic carbocycles. The smallest absolute Gasteiger partial charge is 0.115 e. The van der Waals surface area contributed by atoms with Gasteiger partial charge in [-0.05, 0) is 30.4 Å². The van der Waals surface area contributed by atoms with Crippen molar-refractivity contribution >= 4 is 0 Å². The second kappa shape index (κ2) is 4.05. The van der Waals surface area contributed by atoms with Crippen LogP contribution < -0.4 is 0 Å². The lowest BCUT2D eigenvalue weighted by Crippen LogP contribution is -2.22. The minimum atomic E-state index is 0.588. The van der Waals surface area contributed by atoms with E-state index in [1.807, 2.05) is 12.3 Å². The second-order valence-electron chi connectivity index (χ2n) is 4.34. The fourth-order valence-electron chi connectivity index (χ4n) is 2.47. The maximum Gasteiger partial charge on any atom is 0.115 e. The Morgan fingerprint density at radius 2 is 1.75 bits per heavy atom. The third kappa shape index (κ3) is 1.60. The van der Waals surface area contributed by atoms with Gasteiger partial charge in [0, 0.05) is 17.8 Å². The predicted molar refractivity (Wildman–Crippen MR) is 63.2 cm³/mol. The minimum Gasteiger partial charge on any atom is -0.245 e. The van der Waals surface area contributed by atoms with Crippen molar-refractivity contribution < 1.29 is 0 Å². The first-order valence-electron chi connectivity index (χ1n) is 5.76. The van der Waals surface area contributed by atoms with Gasteiger partial charge in [0.25, 0.3) is 0 Å². The summed E-state index contributed by atoms with van der Waals surface area (Å²) in [6.45, 7) is 0. The van der Waals surface area contributed by atoms with Crippen LogP contribution in [-0.2, 0) is 0 Å².